The lowest BCUT2D eigenvalue weighted by Gasteiger charge is -2.17. The first-order valence-electron chi connectivity index (χ1n) is 20.4. The summed E-state index contributed by atoms with van der Waals surface area (Å²) in [5, 5.41) is 11.5. The lowest BCUT2D eigenvalue weighted by atomic mass is 9.95. The van der Waals surface area contributed by atoms with Crippen LogP contribution in [0.1, 0.15) is 23.1 Å². The maximum absolute atomic E-state index is 7.13. The van der Waals surface area contributed by atoms with Crippen LogP contribution in [0, 0.1) is 0 Å². The molecule has 0 aliphatic carbocycles. The van der Waals surface area contributed by atoms with Gasteiger partial charge in [0.05, 0.1) is 28.1 Å². The highest BCUT2D eigenvalue weighted by molar-refractivity contribution is 7.25. The standard InChI is InChI=1S/C55H33N3OS/c1-2-14-33(15-3-1)44-28-29-45(36-26-27-39-38-19-10-13-25-49(38)60-50(39)32-36)57-55(56-44)52-40-20-6-7-21-41(40)53(54-51(52)42-22-9-12-24-48(42)59-54)58-46-23-11-8-18-37(46)43-30-34-16-4-5-17-35(34)31-47(43)58/h1-27,29-32H,28H2. The number of furan rings is 1. The molecule has 0 amide bonds. The summed E-state index contributed by atoms with van der Waals surface area (Å²) in [5.41, 5.74) is 9.88. The van der Waals surface area contributed by atoms with Crippen LogP contribution in [0.2, 0.25) is 0 Å². The van der Waals surface area contributed by atoms with Crippen molar-refractivity contribution in [2.75, 3.05) is 0 Å². The third kappa shape index (κ3) is 4.96. The van der Waals surface area contributed by atoms with Crippen LogP contribution < -0.4 is 0 Å². The van der Waals surface area contributed by atoms with E-state index in [4.69, 9.17) is 14.4 Å². The number of rotatable bonds is 4. The fourth-order valence-corrected chi connectivity index (χ4v) is 10.7. The number of hydrogen-bond acceptors (Lipinski definition) is 4. The number of thiophene rings is 1. The van der Waals surface area contributed by atoms with Gasteiger partial charge in [-0.05, 0) is 58.1 Å². The fourth-order valence-electron chi connectivity index (χ4n) is 9.52. The lowest BCUT2D eigenvalue weighted by molar-refractivity contribution is 0.667. The topological polar surface area (TPSA) is 42.8 Å². The minimum atomic E-state index is 0.636. The van der Waals surface area contributed by atoms with Crippen molar-refractivity contribution >= 4 is 114 Å². The fraction of sp³-hybridized carbons (Fsp3) is 0.0182. The molecule has 5 heteroatoms. The van der Waals surface area contributed by atoms with Crippen LogP contribution in [0.3, 0.4) is 0 Å². The summed E-state index contributed by atoms with van der Waals surface area (Å²) < 4.78 is 12.1. The second-order valence-corrected chi connectivity index (χ2v) is 16.7. The van der Waals surface area contributed by atoms with Crippen molar-refractivity contribution in [2.45, 2.75) is 6.42 Å². The van der Waals surface area contributed by atoms with Crippen LogP contribution in [-0.2, 0) is 0 Å². The largest absolute Gasteiger partial charge is 0.454 e. The van der Waals surface area contributed by atoms with Gasteiger partial charge in [0.1, 0.15) is 5.58 Å². The molecule has 0 saturated carbocycles. The van der Waals surface area contributed by atoms with Crippen molar-refractivity contribution in [3.8, 4) is 5.69 Å². The van der Waals surface area contributed by atoms with Crippen LogP contribution >= 0.6 is 11.3 Å². The molecule has 280 valence electrons. The molecule has 0 atom stereocenters. The molecule has 0 saturated heterocycles. The summed E-state index contributed by atoms with van der Waals surface area (Å²) in [6.07, 6.45) is 2.88. The Hall–Kier alpha value is -7.60. The second kappa shape index (κ2) is 13.0. The van der Waals surface area contributed by atoms with E-state index < -0.39 is 0 Å². The predicted octanol–water partition coefficient (Wildman–Crippen LogP) is 15.0. The zero-order chi connectivity index (χ0) is 39.3. The summed E-state index contributed by atoms with van der Waals surface area (Å²) in [6, 6.07) is 65.1. The Kier molecular flexibility index (Phi) is 7.21. The third-order valence-corrected chi connectivity index (χ3v) is 13.4. The smallest absolute Gasteiger partial charge is 0.161 e. The third-order valence-electron chi connectivity index (χ3n) is 12.2. The zero-order valence-corrected chi connectivity index (χ0v) is 33.1. The van der Waals surface area contributed by atoms with Gasteiger partial charge in [0.25, 0.3) is 0 Å². The highest BCUT2D eigenvalue weighted by atomic mass is 32.1. The van der Waals surface area contributed by atoms with Gasteiger partial charge in [-0.25, -0.2) is 9.98 Å². The number of para-hydroxylation sites is 2. The maximum Gasteiger partial charge on any atom is 0.161 e. The van der Waals surface area contributed by atoms with E-state index in [-0.39, 0.29) is 0 Å². The Morgan fingerprint density at radius 2 is 1.17 bits per heavy atom. The lowest BCUT2D eigenvalue weighted by Crippen LogP contribution is -2.07. The Labute approximate surface area is 348 Å². The first-order chi connectivity index (χ1) is 29.7. The molecule has 9 aromatic carbocycles. The van der Waals surface area contributed by atoms with Gasteiger partial charge in [-0.2, -0.15) is 0 Å². The van der Waals surface area contributed by atoms with Crippen LogP contribution in [0.4, 0.5) is 0 Å². The molecular formula is C55H33N3OS. The maximum atomic E-state index is 7.13. The van der Waals surface area contributed by atoms with Gasteiger partial charge < -0.3 is 8.98 Å². The van der Waals surface area contributed by atoms with Gasteiger partial charge in [0.2, 0.25) is 0 Å². The van der Waals surface area contributed by atoms with Crippen LogP contribution in [0.25, 0.3) is 96.8 Å². The van der Waals surface area contributed by atoms with Crippen LogP contribution in [-0.4, -0.2) is 16.1 Å². The summed E-state index contributed by atoms with van der Waals surface area (Å²) in [6.45, 7) is 0. The molecule has 1 aliphatic heterocycles. The van der Waals surface area contributed by atoms with Gasteiger partial charge in [-0.3, -0.25) is 0 Å². The monoisotopic (exact) mass is 783 g/mol. The normalized spacial score (nSPS) is 13.6. The van der Waals surface area contributed by atoms with Crippen LogP contribution in [0.5, 0.6) is 0 Å². The summed E-state index contributed by atoms with van der Waals surface area (Å²) in [4.78, 5) is 11.2. The Morgan fingerprint density at radius 3 is 2.03 bits per heavy atom. The zero-order valence-electron chi connectivity index (χ0n) is 32.3. The average molecular weight is 784 g/mol. The van der Waals surface area contributed by atoms with E-state index in [1.54, 1.807) is 0 Å². The van der Waals surface area contributed by atoms with Crippen molar-refractivity contribution in [1.82, 2.24) is 4.57 Å². The number of benzene rings is 9. The minimum Gasteiger partial charge on any atom is -0.454 e. The number of aromatic nitrogens is 1. The first kappa shape index (κ1) is 33.4. The molecule has 1 aliphatic rings. The molecule has 0 unspecified atom stereocenters. The molecule has 3 aromatic heterocycles. The molecule has 60 heavy (non-hydrogen) atoms. The van der Waals surface area contributed by atoms with E-state index in [9.17, 15) is 0 Å². The van der Waals surface area contributed by atoms with E-state index >= 15 is 0 Å². The molecule has 12 aromatic rings. The first-order valence-corrected chi connectivity index (χ1v) is 21.2. The molecule has 4 nitrogen and oxygen atoms in total. The second-order valence-electron chi connectivity index (χ2n) is 15.6. The minimum absolute atomic E-state index is 0.636. The highest BCUT2D eigenvalue weighted by Gasteiger charge is 2.27. The van der Waals surface area contributed by atoms with E-state index in [0.717, 1.165) is 77.5 Å². The van der Waals surface area contributed by atoms with Crippen molar-refractivity contribution in [2.24, 2.45) is 9.98 Å². The van der Waals surface area contributed by atoms with Crippen molar-refractivity contribution in [1.29, 1.82) is 0 Å². The number of aliphatic imine (C=N–C) groups is 2. The molecule has 13 rings (SSSR count). The van der Waals surface area contributed by atoms with E-state index in [1.807, 2.05) is 11.3 Å². The molecular weight excluding hydrogens is 751 g/mol. The van der Waals surface area contributed by atoms with Gasteiger partial charge in [0.15, 0.2) is 11.4 Å². The van der Waals surface area contributed by atoms with Crippen molar-refractivity contribution in [3.05, 3.63) is 205 Å². The Bertz CT molecular complexity index is 3860. The molecule has 0 bridgehead atoms. The van der Waals surface area contributed by atoms with Crippen molar-refractivity contribution in [3.63, 3.8) is 0 Å². The van der Waals surface area contributed by atoms with E-state index in [0.29, 0.717) is 12.3 Å². The van der Waals surface area contributed by atoms with Gasteiger partial charge in [-0.1, -0.05) is 152 Å². The average Bonchev–Trinajstić information content (AvgIpc) is 3.91. The predicted molar refractivity (Wildman–Crippen MR) is 255 cm³/mol. The number of hydrogen-bond donors (Lipinski definition) is 0. The quantitative estimate of drug-likeness (QED) is 0.175. The van der Waals surface area contributed by atoms with E-state index in [2.05, 4.69) is 193 Å². The summed E-state index contributed by atoms with van der Waals surface area (Å²) >= 11 is 1.83. The Morgan fingerprint density at radius 1 is 0.483 bits per heavy atom. The summed E-state index contributed by atoms with van der Waals surface area (Å²) in [5.74, 6) is 0.668. The molecule has 0 fully saturated rings. The highest BCUT2D eigenvalue weighted by Crippen LogP contribution is 2.46. The molecule has 0 radical (unpaired) electrons. The number of nitrogens with zero attached hydrogens (tertiary/aromatic N) is 3. The van der Waals surface area contributed by atoms with Gasteiger partial charge >= 0.3 is 0 Å². The summed E-state index contributed by atoms with van der Waals surface area (Å²) in [7, 11) is 0. The number of allylic oxidation sites excluding steroid dienone is 1. The SMILES string of the molecule is C1=C(c2ccc3c(c2)sc2ccccc23)N=C(c2c3ccccc3c(-n3c4ccccc4c4cc5ccccc5cc43)c3oc4ccccc4c23)N=C(c2ccccc2)C1. The van der Waals surface area contributed by atoms with Gasteiger partial charge in [-0.15, -0.1) is 11.3 Å². The van der Waals surface area contributed by atoms with E-state index in [1.165, 1.54) is 41.7 Å². The molecule has 0 spiro atoms. The van der Waals surface area contributed by atoms with Crippen LogP contribution in [0.15, 0.2) is 202 Å². The number of amidine groups is 1. The number of fused-ring (bicyclic) bond motifs is 11. The molecule has 0 N–H and O–H groups in total. The van der Waals surface area contributed by atoms with Gasteiger partial charge in [0, 0.05) is 64.7 Å². The Balaban J connectivity index is 1.14. The molecule has 4 heterocycles. The van der Waals surface area contributed by atoms with Crippen molar-refractivity contribution < 1.29 is 4.42 Å².